The molecule has 22 heavy (non-hydrogen) atoms. The van der Waals surface area contributed by atoms with Gasteiger partial charge >= 0.3 is 0 Å². The summed E-state index contributed by atoms with van der Waals surface area (Å²) < 4.78 is 23.2. The summed E-state index contributed by atoms with van der Waals surface area (Å²) in [7, 11) is 2.83. The van der Waals surface area contributed by atoms with Crippen molar-refractivity contribution in [2.45, 2.75) is 0 Å². The van der Waals surface area contributed by atoms with Crippen molar-refractivity contribution in [3.05, 3.63) is 59.4 Å². The van der Waals surface area contributed by atoms with Crippen LogP contribution in [0.2, 0.25) is 0 Å². The van der Waals surface area contributed by atoms with Crippen LogP contribution in [0.25, 0.3) is 6.08 Å². The lowest BCUT2D eigenvalue weighted by Gasteiger charge is -2.10. The number of rotatable bonds is 5. The van der Waals surface area contributed by atoms with Crippen molar-refractivity contribution in [2.24, 2.45) is 0 Å². The van der Waals surface area contributed by atoms with E-state index in [1.54, 1.807) is 12.1 Å². The lowest BCUT2D eigenvalue weighted by Crippen LogP contribution is -2.00. The zero-order chi connectivity index (χ0) is 16.1. The van der Waals surface area contributed by atoms with Gasteiger partial charge in [-0.25, -0.2) is 4.39 Å². The fourth-order valence-electron chi connectivity index (χ4n) is 1.97. The van der Waals surface area contributed by atoms with Crippen molar-refractivity contribution in [2.75, 3.05) is 14.2 Å². The molecule has 2 aromatic carbocycles. The highest BCUT2D eigenvalue weighted by Gasteiger charge is 2.17. The third-order valence-corrected chi connectivity index (χ3v) is 3.03. The van der Waals surface area contributed by atoms with E-state index in [4.69, 9.17) is 9.47 Å². The molecule has 0 bridgehead atoms. The van der Waals surface area contributed by atoms with E-state index < -0.39 is 5.78 Å². The Morgan fingerprint density at radius 1 is 1.18 bits per heavy atom. The SMILES string of the molecule is COc1cc(O)c(C(=O)/C=C/c2cccc(F)c2)c(OC)c1. The van der Waals surface area contributed by atoms with E-state index in [-0.39, 0.29) is 22.9 Å². The van der Waals surface area contributed by atoms with Crippen LogP contribution in [0.5, 0.6) is 17.2 Å². The Morgan fingerprint density at radius 3 is 2.59 bits per heavy atom. The molecule has 1 N–H and O–H groups in total. The highest BCUT2D eigenvalue weighted by Crippen LogP contribution is 2.33. The molecular weight excluding hydrogens is 287 g/mol. The van der Waals surface area contributed by atoms with Crippen LogP contribution in [0.15, 0.2) is 42.5 Å². The first kappa shape index (κ1) is 15.6. The van der Waals surface area contributed by atoms with Crippen molar-refractivity contribution in [3.63, 3.8) is 0 Å². The first-order chi connectivity index (χ1) is 10.5. The number of benzene rings is 2. The average Bonchev–Trinajstić information content (AvgIpc) is 2.51. The van der Waals surface area contributed by atoms with E-state index in [0.29, 0.717) is 11.3 Å². The molecule has 114 valence electrons. The fraction of sp³-hybridized carbons (Fsp3) is 0.118. The zero-order valence-corrected chi connectivity index (χ0v) is 12.2. The number of halogens is 1. The summed E-state index contributed by atoms with van der Waals surface area (Å²) >= 11 is 0. The lowest BCUT2D eigenvalue weighted by atomic mass is 10.1. The highest BCUT2D eigenvalue weighted by molar-refractivity contribution is 6.10. The Balaban J connectivity index is 2.33. The van der Waals surface area contributed by atoms with Gasteiger partial charge in [0.05, 0.1) is 14.2 Å². The van der Waals surface area contributed by atoms with E-state index in [2.05, 4.69) is 0 Å². The smallest absolute Gasteiger partial charge is 0.193 e. The summed E-state index contributed by atoms with van der Waals surface area (Å²) in [5, 5.41) is 9.97. The molecular formula is C17H15FO4. The molecule has 0 aliphatic carbocycles. The number of phenols is 1. The van der Waals surface area contributed by atoms with Gasteiger partial charge in [0.2, 0.25) is 0 Å². The van der Waals surface area contributed by atoms with Gasteiger partial charge in [0.15, 0.2) is 5.78 Å². The highest BCUT2D eigenvalue weighted by atomic mass is 19.1. The summed E-state index contributed by atoms with van der Waals surface area (Å²) in [5.41, 5.74) is 0.566. The lowest BCUT2D eigenvalue weighted by molar-refractivity contribution is 0.104. The van der Waals surface area contributed by atoms with E-state index in [1.807, 2.05) is 0 Å². The maximum atomic E-state index is 13.1. The minimum atomic E-state index is -0.457. The fourth-order valence-corrected chi connectivity index (χ4v) is 1.97. The number of carbonyl (C=O) groups excluding carboxylic acids is 1. The summed E-state index contributed by atoms with van der Waals surface area (Å²) in [6, 6.07) is 8.66. The van der Waals surface area contributed by atoms with Crippen LogP contribution in [-0.4, -0.2) is 25.1 Å². The Bertz CT molecular complexity index is 723. The minimum Gasteiger partial charge on any atom is -0.507 e. The Labute approximate surface area is 127 Å². The molecule has 0 heterocycles. The van der Waals surface area contributed by atoms with Crippen LogP contribution in [0.4, 0.5) is 4.39 Å². The summed E-state index contributed by atoms with van der Waals surface area (Å²) in [6.45, 7) is 0. The molecule has 0 amide bonds. The number of ketones is 1. The van der Waals surface area contributed by atoms with Crippen molar-refractivity contribution >= 4 is 11.9 Å². The predicted octanol–water partition coefficient (Wildman–Crippen LogP) is 3.44. The number of methoxy groups -OCH3 is 2. The average molecular weight is 302 g/mol. The second-order valence-electron chi connectivity index (χ2n) is 4.48. The molecule has 0 aliphatic heterocycles. The molecule has 0 saturated carbocycles. The number of hydrogen-bond acceptors (Lipinski definition) is 4. The molecule has 0 atom stereocenters. The maximum absolute atomic E-state index is 13.1. The first-order valence-corrected chi connectivity index (χ1v) is 6.48. The molecule has 0 aliphatic rings. The summed E-state index contributed by atoms with van der Waals surface area (Å²) in [4.78, 5) is 12.2. The Kier molecular flexibility index (Phi) is 4.78. The molecule has 0 radical (unpaired) electrons. The van der Waals surface area contributed by atoms with Gasteiger partial charge < -0.3 is 14.6 Å². The van der Waals surface area contributed by atoms with E-state index in [0.717, 1.165) is 0 Å². The zero-order valence-electron chi connectivity index (χ0n) is 12.2. The van der Waals surface area contributed by atoms with Gasteiger partial charge in [0, 0.05) is 12.1 Å². The van der Waals surface area contributed by atoms with Crippen LogP contribution in [-0.2, 0) is 0 Å². The normalized spacial score (nSPS) is 10.7. The number of ether oxygens (including phenoxy) is 2. The van der Waals surface area contributed by atoms with E-state index >= 15 is 0 Å². The van der Waals surface area contributed by atoms with Crippen LogP contribution in [0.3, 0.4) is 0 Å². The third-order valence-electron chi connectivity index (χ3n) is 3.03. The van der Waals surface area contributed by atoms with Crippen LogP contribution >= 0.6 is 0 Å². The van der Waals surface area contributed by atoms with Gasteiger partial charge in [-0.2, -0.15) is 0 Å². The van der Waals surface area contributed by atoms with Crippen molar-refractivity contribution in [3.8, 4) is 17.2 Å². The molecule has 4 nitrogen and oxygen atoms in total. The predicted molar refractivity (Wildman–Crippen MR) is 81.0 cm³/mol. The quantitative estimate of drug-likeness (QED) is 0.679. The number of aromatic hydroxyl groups is 1. The molecule has 5 heteroatoms. The van der Waals surface area contributed by atoms with Gasteiger partial charge in [-0.15, -0.1) is 0 Å². The second kappa shape index (κ2) is 6.76. The van der Waals surface area contributed by atoms with Gasteiger partial charge in [0.25, 0.3) is 0 Å². The monoisotopic (exact) mass is 302 g/mol. The van der Waals surface area contributed by atoms with Crippen molar-refractivity contribution < 1.29 is 23.8 Å². The van der Waals surface area contributed by atoms with E-state index in [1.165, 1.54) is 50.6 Å². The molecule has 2 aromatic rings. The van der Waals surface area contributed by atoms with Gasteiger partial charge in [0.1, 0.15) is 28.6 Å². The molecule has 2 rings (SSSR count). The molecule has 0 aromatic heterocycles. The van der Waals surface area contributed by atoms with Gasteiger partial charge in [-0.05, 0) is 23.8 Å². The minimum absolute atomic E-state index is 0.0240. The Morgan fingerprint density at radius 2 is 1.95 bits per heavy atom. The molecule has 0 saturated heterocycles. The standard InChI is InChI=1S/C17H15FO4/c1-21-13-9-15(20)17(16(10-13)22-2)14(19)7-6-11-4-3-5-12(18)8-11/h3-10,20H,1-2H3/b7-6+. The largest absolute Gasteiger partial charge is 0.507 e. The number of hydrogen-bond donors (Lipinski definition) is 1. The number of allylic oxidation sites excluding steroid dienone is 1. The first-order valence-electron chi connectivity index (χ1n) is 6.48. The molecule has 0 spiro atoms. The Hall–Kier alpha value is -2.82. The second-order valence-corrected chi connectivity index (χ2v) is 4.48. The summed E-state index contributed by atoms with van der Waals surface area (Å²) in [6.07, 6.45) is 2.72. The van der Waals surface area contributed by atoms with Crippen LogP contribution in [0, 0.1) is 5.82 Å². The van der Waals surface area contributed by atoms with Gasteiger partial charge in [-0.1, -0.05) is 18.2 Å². The third kappa shape index (κ3) is 3.44. The maximum Gasteiger partial charge on any atom is 0.193 e. The van der Waals surface area contributed by atoms with Crippen LogP contribution in [0.1, 0.15) is 15.9 Å². The van der Waals surface area contributed by atoms with Crippen molar-refractivity contribution in [1.82, 2.24) is 0 Å². The topological polar surface area (TPSA) is 55.8 Å². The number of carbonyl (C=O) groups is 1. The molecule has 0 fully saturated rings. The van der Waals surface area contributed by atoms with E-state index in [9.17, 15) is 14.3 Å². The van der Waals surface area contributed by atoms with Gasteiger partial charge in [-0.3, -0.25) is 4.79 Å². The molecule has 0 unspecified atom stereocenters. The number of phenolic OH excluding ortho intramolecular Hbond substituents is 1. The van der Waals surface area contributed by atoms with Crippen LogP contribution < -0.4 is 9.47 Å². The summed E-state index contributed by atoms with van der Waals surface area (Å²) in [5.74, 6) is -0.517. The van der Waals surface area contributed by atoms with Crippen molar-refractivity contribution in [1.29, 1.82) is 0 Å².